The highest BCUT2D eigenvalue weighted by Crippen LogP contribution is 2.37. The second kappa shape index (κ2) is 14.2. The monoisotopic (exact) mass is 659 g/mol. The van der Waals surface area contributed by atoms with Crippen LogP contribution in [0, 0.1) is 23.5 Å². The van der Waals surface area contributed by atoms with Crippen LogP contribution >= 0.6 is 23.8 Å². The Hall–Kier alpha value is -3.57. The minimum absolute atomic E-state index is 0.0427. The number of aromatic amines is 1. The van der Waals surface area contributed by atoms with Crippen molar-refractivity contribution in [2.24, 2.45) is 17.6 Å². The summed E-state index contributed by atoms with van der Waals surface area (Å²) in [5.41, 5.74) is 7.18. The lowest BCUT2D eigenvalue weighted by Gasteiger charge is -2.40. The maximum absolute atomic E-state index is 14.5. The first-order valence-electron chi connectivity index (χ1n) is 15.2. The van der Waals surface area contributed by atoms with E-state index in [0.29, 0.717) is 41.3 Å². The van der Waals surface area contributed by atoms with Crippen LogP contribution in [-0.4, -0.2) is 45.3 Å². The Labute approximate surface area is 272 Å². The average Bonchev–Trinajstić information content (AvgIpc) is 3.36. The molecule has 1 heterocycles. The number of fused-ring (bicyclic) bond motifs is 3. The molecule has 0 spiro atoms. The van der Waals surface area contributed by atoms with Gasteiger partial charge in [-0.25, -0.2) is 8.78 Å². The van der Waals surface area contributed by atoms with Crippen LogP contribution in [0.2, 0.25) is 5.02 Å². The van der Waals surface area contributed by atoms with Crippen molar-refractivity contribution in [2.75, 3.05) is 0 Å². The lowest BCUT2D eigenvalue weighted by atomic mass is 9.78. The van der Waals surface area contributed by atoms with Crippen LogP contribution in [0.5, 0.6) is 0 Å². The molecular formula is C33H40ClF2N5O3S. The van der Waals surface area contributed by atoms with Crippen molar-refractivity contribution in [1.29, 1.82) is 0 Å². The number of thiocarbonyl (C=S) groups is 1. The van der Waals surface area contributed by atoms with Crippen LogP contribution in [0.1, 0.15) is 63.8 Å². The molecule has 0 saturated carbocycles. The molecule has 8 nitrogen and oxygen atoms in total. The van der Waals surface area contributed by atoms with E-state index in [4.69, 9.17) is 29.6 Å². The highest BCUT2D eigenvalue weighted by atomic mass is 35.5. The second-order valence-corrected chi connectivity index (χ2v) is 13.0. The number of rotatable bonds is 12. The summed E-state index contributed by atoms with van der Waals surface area (Å²) in [6.07, 6.45) is 1.83. The van der Waals surface area contributed by atoms with Gasteiger partial charge in [0, 0.05) is 17.5 Å². The third-order valence-electron chi connectivity index (χ3n) is 8.99. The fourth-order valence-corrected chi connectivity index (χ4v) is 6.41. The number of benzene rings is 2. The van der Waals surface area contributed by atoms with E-state index in [1.807, 2.05) is 27.7 Å². The minimum atomic E-state index is -1.47. The maximum atomic E-state index is 14.5. The van der Waals surface area contributed by atoms with Crippen LogP contribution in [0.25, 0.3) is 10.9 Å². The molecule has 1 aliphatic rings. The average molecular weight is 660 g/mol. The molecular weight excluding hydrogens is 620 g/mol. The van der Waals surface area contributed by atoms with E-state index in [-0.39, 0.29) is 41.1 Å². The zero-order valence-electron chi connectivity index (χ0n) is 25.9. The van der Waals surface area contributed by atoms with Gasteiger partial charge in [-0.2, -0.15) is 0 Å². The first-order chi connectivity index (χ1) is 21.3. The number of aryl methyl sites for hydroxylation is 1. The molecule has 5 atom stereocenters. The minimum Gasteiger partial charge on any atom is -0.392 e. The van der Waals surface area contributed by atoms with Gasteiger partial charge in [0.15, 0.2) is 0 Å². The molecule has 242 valence electrons. The normalized spacial score (nSPS) is 18.7. The van der Waals surface area contributed by atoms with E-state index < -0.39 is 47.0 Å². The zero-order valence-corrected chi connectivity index (χ0v) is 27.4. The lowest BCUT2D eigenvalue weighted by molar-refractivity contribution is -0.137. The van der Waals surface area contributed by atoms with Gasteiger partial charge in [0.05, 0.1) is 28.0 Å². The van der Waals surface area contributed by atoms with Gasteiger partial charge in [0.25, 0.3) is 0 Å². The maximum Gasteiger partial charge on any atom is 0.246 e. The Morgan fingerprint density at radius 1 is 1.02 bits per heavy atom. The van der Waals surface area contributed by atoms with Crippen molar-refractivity contribution >= 4 is 57.4 Å². The van der Waals surface area contributed by atoms with Gasteiger partial charge in [-0.05, 0) is 60.1 Å². The molecule has 0 aliphatic heterocycles. The van der Waals surface area contributed by atoms with Gasteiger partial charge in [-0.1, -0.05) is 76.5 Å². The molecule has 12 heteroatoms. The molecule has 2 aromatic carbocycles. The predicted octanol–water partition coefficient (Wildman–Crippen LogP) is 5.03. The van der Waals surface area contributed by atoms with Crippen LogP contribution in [-0.2, 0) is 33.6 Å². The van der Waals surface area contributed by atoms with Crippen molar-refractivity contribution in [3.63, 3.8) is 0 Å². The summed E-state index contributed by atoms with van der Waals surface area (Å²) >= 11 is 11.6. The van der Waals surface area contributed by atoms with Crippen LogP contribution in [0.4, 0.5) is 8.78 Å². The quantitative estimate of drug-likeness (QED) is 0.174. The Morgan fingerprint density at radius 3 is 2.29 bits per heavy atom. The topological polar surface area (TPSA) is 129 Å². The summed E-state index contributed by atoms with van der Waals surface area (Å²) in [6, 6.07) is 6.55. The van der Waals surface area contributed by atoms with Gasteiger partial charge in [-0.15, -0.1) is 0 Å². The van der Waals surface area contributed by atoms with E-state index in [1.165, 1.54) is 36.4 Å². The van der Waals surface area contributed by atoms with Crippen molar-refractivity contribution in [3.05, 3.63) is 69.9 Å². The Kier molecular flexibility index (Phi) is 10.9. The van der Waals surface area contributed by atoms with E-state index in [9.17, 15) is 23.2 Å². The predicted molar refractivity (Wildman–Crippen MR) is 176 cm³/mol. The van der Waals surface area contributed by atoms with Crippen molar-refractivity contribution in [3.8, 4) is 0 Å². The number of hydrogen-bond acceptors (Lipinski definition) is 4. The molecule has 45 heavy (non-hydrogen) atoms. The third-order valence-corrected chi connectivity index (χ3v) is 9.55. The van der Waals surface area contributed by atoms with Crippen LogP contribution < -0.4 is 21.7 Å². The summed E-state index contributed by atoms with van der Waals surface area (Å²) < 4.78 is 27.9. The largest absolute Gasteiger partial charge is 0.392 e. The van der Waals surface area contributed by atoms with Crippen molar-refractivity contribution in [1.82, 2.24) is 20.9 Å². The summed E-state index contributed by atoms with van der Waals surface area (Å²) in [4.78, 5) is 44.8. The molecule has 1 aliphatic carbocycles. The second-order valence-electron chi connectivity index (χ2n) is 12.1. The number of halogens is 3. The molecule has 0 radical (unpaired) electrons. The third kappa shape index (κ3) is 7.64. The van der Waals surface area contributed by atoms with Gasteiger partial charge < -0.3 is 26.7 Å². The first-order valence-corrected chi connectivity index (χ1v) is 16.0. The Morgan fingerprint density at radius 2 is 1.67 bits per heavy atom. The summed E-state index contributed by atoms with van der Waals surface area (Å²) in [7, 11) is 0. The molecule has 3 aromatic rings. The molecule has 0 fully saturated rings. The van der Waals surface area contributed by atoms with E-state index in [0.717, 1.165) is 5.69 Å². The number of hydrogen-bond donors (Lipinski definition) is 5. The lowest BCUT2D eigenvalue weighted by Crippen LogP contribution is -2.67. The van der Waals surface area contributed by atoms with Gasteiger partial charge >= 0.3 is 0 Å². The summed E-state index contributed by atoms with van der Waals surface area (Å²) in [6.45, 7) is 7.62. The van der Waals surface area contributed by atoms with Crippen molar-refractivity contribution < 1.29 is 23.2 Å². The number of H-pyrrole nitrogens is 1. The summed E-state index contributed by atoms with van der Waals surface area (Å²) in [5.74, 6) is -2.72. The molecule has 6 N–H and O–H groups in total. The van der Waals surface area contributed by atoms with E-state index >= 15 is 0 Å². The highest BCUT2D eigenvalue weighted by molar-refractivity contribution is 7.80. The number of carbonyl (C=O) groups excluding carboxylic acids is 3. The highest BCUT2D eigenvalue weighted by Gasteiger charge is 2.46. The standard InChI is InChI=1S/C33H40ClF2N5O3S/c1-5-17(3)27(30(37)45)40-32(44)33(12-11-25-23(16-33)22-14-21(36)15-24(34)29(22)38-25)41-31(43)28(18(4)6-2)39-26(42)13-19-7-9-20(35)10-8-19/h7-10,14-15,17-18,27-28,38H,5-6,11-13,16H2,1-4H3,(H2,37,45)(H,39,42)(H,40,44)(H,41,43)/t17?,18?,27-,28-,33+/m0/s1. The van der Waals surface area contributed by atoms with E-state index in [1.54, 1.807) is 0 Å². The number of nitrogens with one attached hydrogen (secondary N) is 4. The van der Waals surface area contributed by atoms with Crippen LogP contribution in [0.3, 0.4) is 0 Å². The smallest absolute Gasteiger partial charge is 0.246 e. The molecule has 3 amide bonds. The van der Waals surface area contributed by atoms with Crippen molar-refractivity contribution in [2.45, 2.75) is 83.8 Å². The first kappa shape index (κ1) is 34.3. The molecule has 0 bridgehead atoms. The van der Waals surface area contributed by atoms with Gasteiger partial charge in [0.2, 0.25) is 17.7 Å². The zero-order chi connectivity index (χ0) is 33.1. The van der Waals surface area contributed by atoms with Gasteiger partial charge in [-0.3, -0.25) is 14.4 Å². The van der Waals surface area contributed by atoms with Gasteiger partial charge in [0.1, 0.15) is 23.2 Å². The number of aromatic nitrogens is 1. The summed E-state index contributed by atoms with van der Waals surface area (Å²) in [5, 5.41) is 9.57. The SMILES string of the molecule is CCC(C)[C@H](NC(=O)Cc1ccc(F)cc1)C(=O)N[C@]1(C(=O)N[C@H](C(N)=S)C(C)CC)CCc2[nH]c3c(Cl)cc(F)cc3c2C1. The fraction of sp³-hybridized carbons (Fsp3) is 0.455. The molecule has 2 unspecified atom stereocenters. The van der Waals surface area contributed by atoms with E-state index in [2.05, 4.69) is 20.9 Å². The molecule has 1 aromatic heterocycles. The Balaban J connectivity index is 1.69. The van der Waals surface area contributed by atoms with Crippen LogP contribution in [0.15, 0.2) is 36.4 Å². The number of amides is 3. The number of nitrogens with two attached hydrogens (primary N) is 1. The molecule has 0 saturated heterocycles. The number of carbonyl (C=O) groups is 3. The fourth-order valence-electron chi connectivity index (χ4n) is 5.87. The Bertz CT molecular complexity index is 1600. The molecule has 4 rings (SSSR count).